The quantitative estimate of drug-likeness (QED) is 0.725. The van der Waals surface area contributed by atoms with E-state index >= 15 is 0 Å². The first kappa shape index (κ1) is 18.7. The zero-order chi connectivity index (χ0) is 16.8. The van der Waals surface area contributed by atoms with Crippen LogP contribution in [0.25, 0.3) is 0 Å². The van der Waals surface area contributed by atoms with E-state index in [0.717, 1.165) is 6.42 Å². The molecule has 0 aromatic heterocycles. The summed E-state index contributed by atoms with van der Waals surface area (Å²) in [5.74, 6) is 0.00634. The maximum atomic E-state index is 10.8. The zero-order valence-corrected chi connectivity index (χ0v) is 14.4. The van der Waals surface area contributed by atoms with Crippen LogP contribution in [0, 0.1) is 5.41 Å². The fourth-order valence-corrected chi connectivity index (χ4v) is 2.07. The van der Waals surface area contributed by atoms with Gasteiger partial charge >= 0.3 is 0 Å². The molecule has 0 bridgehead atoms. The Bertz CT molecular complexity index is 463. The van der Waals surface area contributed by atoms with Gasteiger partial charge in [0.15, 0.2) is 0 Å². The molecule has 1 amide bonds. The van der Waals surface area contributed by atoms with E-state index in [0.29, 0.717) is 13.1 Å². The van der Waals surface area contributed by atoms with Crippen molar-refractivity contribution in [2.24, 2.45) is 5.41 Å². The van der Waals surface area contributed by atoms with Gasteiger partial charge in [-0.25, -0.2) is 0 Å². The molecule has 0 aliphatic carbocycles. The molecule has 2 unspecified atom stereocenters. The number of nitrogens with one attached hydrogen (secondary N) is 2. The summed E-state index contributed by atoms with van der Waals surface area (Å²) >= 11 is 0. The van der Waals surface area contributed by atoms with E-state index in [1.807, 2.05) is 20.8 Å². The first-order valence-electron chi connectivity index (χ1n) is 7.95. The molecule has 1 aromatic rings. The van der Waals surface area contributed by atoms with Crippen LogP contribution in [0.4, 0.5) is 0 Å². The van der Waals surface area contributed by atoms with Crippen molar-refractivity contribution in [1.82, 2.24) is 10.6 Å². The van der Waals surface area contributed by atoms with Gasteiger partial charge in [-0.2, -0.15) is 0 Å². The highest BCUT2D eigenvalue weighted by Crippen LogP contribution is 2.20. The molecule has 0 aliphatic heterocycles. The topological polar surface area (TPSA) is 61.4 Å². The van der Waals surface area contributed by atoms with Crippen LogP contribution in [0.2, 0.25) is 0 Å². The third-order valence-electron chi connectivity index (χ3n) is 3.88. The molecule has 0 aliphatic rings. The number of hydrogen-bond acceptors (Lipinski definition) is 3. The molecule has 22 heavy (non-hydrogen) atoms. The number of aliphatic hydroxyl groups is 1. The maximum absolute atomic E-state index is 10.8. The largest absolute Gasteiger partial charge is 0.391 e. The number of benzene rings is 1. The molecule has 0 heterocycles. The summed E-state index contributed by atoms with van der Waals surface area (Å²) in [5.41, 5.74) is 2.30. The number of rotatable bonds is 7. The van der Waals surface area contributed by atoms with Gasteiger partial charge in [0.25, 0.3) is 0 Å². The van der Waals surface area contributed by atoms with Gasteiger partial charge in [-0.3, -0.25) is 4.79 Å². The number of amides is 1. The third kappa shape index (κ3) is 6.58. The number of hydrogen-bond donors (Lipinski definition) is 3. The number of carbonyl (C=O) groups is 1. The van der Waals surface area contributed by atoms with Crippen molar-refractivity contribution in [3.05, 3.63) is 35.4 Å². The Labute approximate surface area is 134 Å². The van der Waals surface area contributed by atoms with Crippen molar-refractivity contribution >= 4 is 5.91 Å². The molecule has 0 saturated carbocycles. The lowest BCUT2D eigenvalue weighted by molar-refractivity contribution is -0.118. The highest BCUT2D eigenvalue weighted by atomic mass is 16.3. The van der Waals surface area contributed by atoms with Gasteiger partial charge in [0.1, 0.15) is 0 Å². The van der Waals surface area contributed by atoms with E-state index in [2.05, 4.69) is 41.8 Å². The van der Waals surface area contributed by atoms with Gasteiger partial charge < -0.3 is 15.7 Å². The summed E-state index contributed by atoms with van der Waals surface area (Å²) in [4.78, 5) is 10.8. The lowest BCUT2D eigenvalue weighted by Gasteiger charge is -2.27. The molecule has 4 heteroatoms. The van der Waals surface area contributed by atoms with Crippen LogP contribution in [0.1, 0.15) is 51.8 Å². The van der Waals surface area contributed by atoms with Crippen LogP contribution < -0.4 is 10.6 Å². The molecule has 1 aromatic carbocycles. The van der Waals surface area contributed by atoms with E-state index in [1.165, 1.54) is 18.1 Å². The number of aliphatic hydroxyl groups excluding tert-OH is 1. The minimum atomic E-state index is -0.369. The molecule has 0 fully saturated rings. The fourth-order valence-electron chi connectivity index (χ4n) is 2.07. The first-order chi connectivity index (χ1) is 10.2. The van der Waals surface area contributed by atoms with E-state index in [-0.39, 0.29) is 23.5 Å². The Morgan fingerprint density at radius 2 is 1.82 bits per heavy atom. The highest BCUT2D eigenvalue weighted by molar-refractivity contribution is 5.72. The Morgan fingerprint density at radius 1 is 1.23 bits per heavy atom. The molecule has 0 spiro atoms. The monoisotopic (exact) mass is 306 g/mol. The van der Waals surface area contributed by atoms with E-state index in [4.69, 9.17) is 0 Å². The Kier molecular flexibility index (Phi) is 7.04. The van der Waals surface area contributed by atoms with Crippen molar-refractivity contribution < 1.29 is 9.90 Å². The number of carbonyl (C=O) groups excluding carboxylic acids is 1. The molecule has 2 atom stereocenters. The lowest BCUT2D eigenvalue weighted by Crippen LogP contribution is -2.37. The molecular formula is C18H30N2O2. The Hall–Kier alpha value is -1.39. The summed E-state index contributed by atoms with van der Waals surface area (Å²) in [6.07, 6.45) is 0.469. The normalized spacial score (nSPS) is 14.5. The van der Waals surface area contributed by atoms with Crippen molar-refractivity contribution in [1.29, 1.82) is 0 Å². The summed E-state index contributed by atoms with van der Waals surface area (Å²) < 4.78 is 0. The van der Waals surface area contributed by atoms with E-state index in [9.17, 15) is 9.90 Å². The van der Waals surface area contributed by atoms with Gasteiger partial charge in [0.05, 0.1) is 6.10 Å². The minimum Gasteiger partial charge on any atom is -0.391 e. The summed E-state index contributed by atoms with van der Waals surface area (Å²) in [6.45, 7) is 11.0. The Balaban J connectivity index is 2.46. The van der Waals surface area contributed by atoms with Crippen molar-refractivity contribution in [3.63, 3.8) is 0 Å². The highest BCUT2D eigenvalue weighted by Gasteiger charge is 2.22. The van der Waals surface area contributed by atoms with Crippen LogP contribution in [0.15, 0.2) is 24.3 Å². The second kappa shape index (κ2) is 8.30. The van der Waals surface area contributed by atoms with Crippen molar-refractivity contribution in [2.75, 3.05) is 13.1 Å². The fraction of sp³-hybridized carbons (Fsp3) is 0.611. The summed E-state index contributed by atoms with van der Waals surface area (Å²) in [5, 5.41) is 16.2. The zero-order valence-electron chi connectivity index (χ0n) is 14.4. The predicted molar refractivity (Wildman–Crippen MR) is 90.7 cm³/mol. The summed E-state index contributed by atoms with van der Waals surface area (Å²) in [7, 11) is 0. The molecule has 0 radical (unpaired) electrons. The third-order valence-corrected chi connectivity index (χ3v) is 3.88. The van der Waals surface area contributed by atoms with Crippen LogP contribution in [-0.2, 0) is 11.2 Å². The standard InChI is InChI=1S/C18H30N2O2/c1-13(20-12-17(22)18(3,4)5)16-8-6-15(7-9-16)10-11-19-14(2)21/h6-9,13,17,20,22H,10-12H2,1-5H3,(H,19,21). The van der Waals surface area contributed by atoms with Gasteiger partial charge in [0.2, 0.25) is 5.91 Å². The molecule has 0 saturated heterocycles. The van der Waals surface area contributed by atoms with E-state index < -0.39 is 0 Å². The lowest BCUT2D eigenvalue weighted by atomic mass is 9.89. The van der Waals surface area contributed by atoms with Gasteiger partial charge in [-0.05, 0) is 29.9 Å². The second-order valence-corrected chi connectivity index (χ2v) is 6.99. The van der Waals surface area contributed by atoms with Crippen molar-refractivity contribution in [3.8, 4) is 0 Å². The Morgan fingerprint density at radius 3 is 2.32 bits per heavy atom. The molecule has 1 rings (SSSR count). The molecule has 3 N–H and O–H groups in total. The smallest absolute Gasteiger partial charge is 0.216 e. The van der Waals surface area contributed by atoms with Crippen LogP contribution >= 0.6 is 0 Å². The average Bonchev–Trinajstić information content (AvgIpc) is 2.43. The predicted octanol–water partition coefficient (Wildman–Crippen LogP) is 2.42. The molecule has 4 nitrogen and oxygen atoms in total. The summed E-state index contributed by atoms with van der Waals surface area (Å²) in [6, 6.07) is 8.58. The molecular weight excluding hydrogens is 276 g/mol. The van der Waals surface area contributed by atoms with Crippen LogP contribution in [0.5, 0.6) is 0 Å². The average molecular weight is 306 g/mol. The van der Waals surface area contributed by atoms with Gasteiger partial charge in [0, 0.05) is 26.1 Å². The van der Waals surface area contributed by atoms with Crippen molar-refractivity contribution in [2.45, 2.75) is 53.2 Å². The second-order valence-electron chi connectivity index (χ2n) is 6.99. The molecule has 124 valence electrons. The minimum absolute atomic E-state index is 0.00634. The van der Waals surface area contributed by atoms with E-state index in [1.54, 1.807) is 0 Å². The van der Waals surface area contributed by atoms with Crippen LogP contribution in [-0.4, -0.2) is 30.2 Å². The SMILES string of the molecule is CC(=O)NCCc1ccc(C(C)NCC(O)C(C)(C)C)cc1. The van der Waals surface area contributed by atoms with Crippen LogP contribution in [0.3, 0.4) is 0 Å². The first-order valence-corrected chi connectivity index (χ1v) is 7.95. The van der Waals surface area contributed by atoms with Gasteiger partial charge in [-0.1, -0.05) is 45.0 Å². The maximum Gasteiger partial charge on any atom is 0.216 e. The van der Waals surface area contributed by atoms with Gasteiger partial charge in [-0.15, -0.1) is 0 Å².